The Morgan fingerprint density at radius 3 is 2.05 bits per heavy atom. The fraction of sp³-hybridized carbons (Fsp3) is 0.158. The number of hydrogen-bond donors (Lipinski definition) is 0. The van der Waals surface area contributed by atoms with Crippen molar-refractivity contribution in [1.82, 2.24) is 0 Å². The van der Waals surface area contributed by atoms with Gasteiger partial charge in [-0.15, -0.1) is 6.42 Å². The van der Waals surface area contributed by atoms with Gasteiger partial charge in [-0.1, -0.05) is 73.2 Å². The van der Waals surface area contributed by atoms with Crippen LogP contribution in [0.3, 0.4) is 0 Å². The molecule has 0 saturated carbocycles. The highest BCUT2D eigenvalue weighted by Crippen LogP contribution is 2.26. The predicted octanol–water partition coefficient (Wildman–Crippen LogP) is 4.02. The lowest BCUT2D eigenvalue weighted by Gasteiger charge is -2.21. The van der Waals surface area contributed by atoms with Crippen molar-refractivity contribution in [2.24, 2.45) is 0 Å². The average Bonchev–Trinajstić information content (AvgIpc) is 2.51. The van der Waals surface area contributed by atoms with Gasteiger partial charge in [0.25, 0.3) is 0 Å². The molecule has 0 N–H and O–H groups in total. The van der Waals surface area contributed by atoms with Gasteiger partial charge in [0.2, 0.25) is 0 Å². The molecule has 0 fully saturated rings. The molecule has 0 aromatic heterocycles. The highest BCUT2D eigenvalue weighted by Gasteiger charge is 2.24. The molecule has 0 nitrogen and oxygen atoms in total. The van der Waals surface area contributed by atoms with Crippen molar-refractivity contribution in [3.05, 3.63) is 71.8 Å². The van der Waals surface area contributed by atoms with Crippen LogP contribution in [0.25, 0.3) is 0 Å². The number of terminal acetylenes is 1. The molecule has 0 heteroatoms. The van der Waals surface area contributed by atoms with E-state index in [1.807, 2.05) is 60.7 Å². The normalized spacial score (nSPS) is 12.6. The summed E-state index contributed by atoms with van der Waals surface area (Å²) in [5.74, 6) is 9.35. The van der Waals surface area contributed by atoms with E-state index in [4.69, 9.17) is 6.42 Å². The first-order valence-corrected chi connectivity index (χ1v) is 6.42. The van der Waals surface area contributed by atoms with Gasteiger partial charge < -0.3 is 0 Å². The molecule has 92 valence electrons. The minimum Gasteiger partial charge on any atom is -0.118 e. The van der Waals surface area contributed by atoms with E-state index in [0.717, 1.165) is 17.5 Å². The van der Waals surface area contributed by atoms with E-state index in [1.54, 1.807) is 0 Å². The van der Waals surface area contributed by atoms with Crippen molar-refractivity contribution < 1.29 is 0 Å². The van der Waals surface area contributed by atoms with E-state index in [1.165, 1.54) is 0 Å². The molecule has 0 spiro atoms. The molecule has 0 amide bonds. The van der Waals surface area contributed by atoms with Gasteiger partial charge in [0, 0.05) is 5.56 Å². The summed E-state index contributed by atoms with van der Waals surface area (Å²) in [6.07, 6.45) is 6.56. The van der Waals surface area contributed by atoms with Gasteiger partial charge in [0.1, 0.15) is 5.41 Å². The Morgan fingerprint density at radius 2 is 1.53 bits per heavy atom. The van der Waals surface area contributed by atoms with E-state index in [-0.39, 0.29) is 0 Å². The fourth-order valence-corrected chi connectivity index (χ4v) is 2.01. The Kier molecular flexibility index (Phi) is 4.07. The van der Waals surface area contributed by atoms with Crippen molar-refractivity contribution in [1.29, 1.82) is 0 Å². The molecule has 1 atom stereocenters. The van der Waals surface area contributed by atoms with Gasteiger partial charge in [0.15, 0.2) is 0 Å². The van der Waals surface area contributed by atoms with E-state index >= 15 is 0 Å². The molecule has 0 heterocycles. The molecule has 0 radical (unpaired) electrons. The van der Waals surface area contributed by atoms with Crippen molar-refractivity contribution in [3.8, 4) is 24.2 Å². The molecule has 0 saturated heterocycles. The predicted molar refractivity (Wildman–Crippen MR) is 80.6 cm³/mol. The standard InChI is InChI=1S/C19H16/c1-3-19(4-2,18-13-9-6-10-14-18)16-15-17-11-7-5-8-12-17/h1,5-14H,4H2,2H3. The molecule has 2 aromatic carbocycles. The lowest BCUT2D eigenvalue weighted by atomic mass is 9.79. The Bertz CT molecular complexity index is 620. The Hall–Kier alpha value is -2.44. The molecule has 0 aliphatic heterocycles. The molecular formula is C19H16. The first kappa shape index (κ1) is 13.0. The highest BCUT2D eigenvalue weighted by atomic mass is 14.2. The maximum absolute atomic E-state index is 5.76. The molecule has 0 aliphatic carbocycles. The van der Waals surface area contributed by atoms with E-state index in [9.17, 15) is 0 Å². The minimum atomic E-state index is -0.503. The second-order valence-corrected chi connectivity index (χ2v) is 4.39. The maximum Gasteiger partial charge on any atom is 0.116 e. The van der Waals surface area contributed by atoms with Crippen LogP contribution in [0.1, 0.15) is 24.5 Å². The zero-order valence-corrected chi connectivity index (χ0v) is 11.1. The maximum atomic E-state index is 5.76. The third kappa shape index (κ3) is 2.87. The first-order valence-electron chi connectivity index (χ1n) is 6.42. The quantitative estimate of drug-likeness (QED) is 0.700. The van der Waals surface area contributed by atoms with Gasteiger partial charge >= 0.3 is 0 Å². The van der Waals surface area contributed by atoms with Crippen LogP contribution in [0.4, 0.5) is 0 Å². The van der Waals surface area contributed by atoms with E-state index in [0.29, 0.717) is 0 Å². The first-order chi connectivity index (χ1) is 9.30. The summed E-state index contributed by atoms with van der Waals surface area (Å²) in [6, 6.07) is 20.0. The van der Waals surface area contributed by atoms with Crippen LogP contribution in [0.15, 0.2) is 60.7 Å². The topological polar surface area (TPSA) is 0 Å². The summed E-state index contributed by atoms with van der Waals surface area (Å²) >= 11 is 0. The largest absolute Gasteiger partial charge is 0.118 e. The number of rotatable bonds is 2. The van der Waals surface area contributed by atoms with Crippen molar-refractivity contribution >= 4 is 0 Å². The van der Waals surface area contributed by atoms with Crippen molar-refractivity contribution in [2.45, 2.75) is 18.8 Å². The van der Waals surface area contributed by atoms with Gasteiger partial charge in [0.05, 0.1) is 0 Å². The lowest BCUT2D eigenvalue weighted by Crippen LogP contribution is -2.20. The van der Waals surface area contributed by atoms with Gasteiger partial charge in [-0.05, 0) is 24.1 Å². The van der Waals surface area contributed by atoms with Gasteiger partial charge in [-0.25, -0.2) is 0 Å². The van der Waals surface area contributed by atoms with Crippen LogP contribution in [0, 0.1) is 24.2 Å². The summed E-state index contributed by atoms with van der Waals surface area (Å²) in [5, 5.41) is 0. The van der Waals surface area contributed by atoms with Crippen LogP contribution < -0.4 is 0 Å². The molecular weight excluding hydrogens is 228 g/mol. The van der Waals surface area contributed by atoms with Crippen LogP contribution in [0.2, 0.25) is 0 Å². The Labute approximate surface area is 115 Å². The monoisotopic (exact) mass is 244 g/mol. The minimum absolute atomic E-state index is 0.503. The van der Waals surface area contributed by atoms with Gasteiger partial charge in [-0.2, -0.15) is 0 Å². The number of hydrogen-bond acceptors (Lipinski definition) is 0. The summed E-state index contributed by atoms with van der Waals surface area (Å²) in [5.41, 5.74) is 1.58. The van der Waals surface area contributed by atoms with E-state index < -0.39 is 5.41 Å². The Balaban J connectivity index is 2.43. The summed E-state index contributed by atoms with van der Waals surface area (Å²) in [6.45, 7) is 2.08. The Morgan fingerprint density at radius 1 is 0.947 bits per heavy atom. The third-order valence-corrected chi connectivity index (χ3v) is 3.24. The zero-order valence-electron chi connectivity index (χ0n) is 11.1. The summed E-state index contributed by atoms with van der Waals surface area (Å²) in [7, 11) is 0. The fourth-order valence-electron chi connectivity index (χ4n) is 2.01. The zero-order chi connectivity index (χ0) is 13.6. The van der Waals surface area contributed by atoms with Crippen LogP contribution in [-0.2, 0) is 5.41 Å². The molecule has 2 rings (SSSR count). The molecule has 0 aliphatic rings. The lowest BCUT2D eigenvalue weighted by molar-refractivity contribution is 0.692. The average molecular weight is 244 g/mol. The molecule has 1 unspecified atom stereocenters. The highest BCUT2D eigenvalue weighted by molar-refractivity contribution is 5.47. The summed E-state index contributed by atoms with van der Waals surface area (Å²) in [4.78, 5) is 0. The SMILES string of the molecule is C#CC(C#Cc1ccccc1)(CC)c1ccccc1. The van der Waals surface area contributed by atoms with Crippen molar-refractivity contribution in [3.63, 3.8) is 0 Å². The van der Waals surface area contributed by atoms with Crippen LogP contribution in [0.5, 0.6) is 0 Å². The smallest absolute Gasteiger partial charge is 0.116 e. The van der Waals surface area contributed by atoms with Crippen molar-refractivity contribution in [2.75, 3.05) is 0 Å². The van der Waals surface area contributed by atoms with Gasteiger partial charge in [-0.3, -0.25) is 0 Å². The van der Waals surface area contributed by atoms with E-state index in [2.05, 4.69) is 24.7 Å². The third-order valence-electron chi connectivity index (χ3n) is 3.24. The summed E-state index contributed by atoms with van der Waals surface area (Å²) < 4.78 is 0. The second kappa shape index (κ2) is 5.94. The molecule has 0 bridgehead atoms. The molecule has 19 heavy (non-hydrogen) atoms. The molecule has 2 aromatic rings. The van der Waals surface area contributed by atoms with Crippen LogP contribution in [-0.4, -0.2) is 0 Å². The van der Waals surface area contributed by atoms with Crippen LogP contribution >= 0.6 is 0 Å². The number of benzene rings is 2. The second-order valence-electron chi connectivity index (χ2n) is 4.39.